The van der Waals surface area contributed by atoms with E-state index in [1.54, 1.807) is 0 Å². The average Bonchev–Trinajstić information content (AvgIpc) is 1.83. The lowest BCUT2D eigenvalue weighted by Crippen LogP contribution is -2.08. The van der Waals surface area contributed by atoms with Crippen LogP contribution in [0.3, 0.4) is 0 Å². The maximum atomic E-state index is 3.92. The number of hydrogen-bond donors (Lipinski definition) is 0. The smallest absolute Gasteiger partial charge is 0.0162 e. The van der Waals surface area contributed by atoms with E-state index in [1.165, 1.54) is 24.8 Å². The molecule has 1 aromatic carbocycles. The molecular weight excluding hydrogens is 132 g/mol. The van der Waals surface area contributed by atoms with Gasteiger partial charge in [0.1, 0.15) is 0 Å². The van der Waals surface area contributed by atoms with Gasteiger partial charge in [-0.05, 0) is 36.8 Å². The largest absolute Gasteiger partial charge is 0.0617 e. The molecule has 1 aliphatic carbocycles. The van der Waals surface area contributed by atoms with Crippen LogP contribution in [0.4, 0.5) is 0 Å². The van der Waals surface area contributed by atoms with Crippen molar-refractivity contribution in [2.45, 2.75) is 25.2 Å². The Balaban J connectivity index is 2.23. The van der Waals surface area contributed by atoms with Gasteiger partial charge in [0.15, 0.2) is 0 Å². The fraction of sp³-hybridized carbons (Fsp3) is 0.364. The highest BCUT2D eigenvalue weighted by molar-refractivity contribution is 5.28. The van der Waals surface area contributed by atoms with Gasteiger partial charge < -0.3 is 0 Å². The van der Waals surface area contributed by atoms with Crippen LogP contribution >= 0.6 is 0 Å². The first-order valence-corrected chi connectivity index (χ1v) is 4.28. The van der Waals surface area contributed by atoms with Gasteiger partial charge in [0.05, 0.1) is 0 Å². The zero-order chi connectivity index (χ0) is 7.68. The Hall–Kier alpha value is -0.780. The lowest BCUT2D eigenvalue weighted by molar-refractivity contribution is 0.419. The third kappa shape index (κ3) is 1.30. The summed E-state index contributed by atoms with van der Waals surface area (Å²) >= 11 is 0. The van der Waals surface area contributed by atoms with Gasteiger partial charge >= 0.3 is 0 Å². The van der Waals surface area contributed by atoms with Gasteiger partial charge in [-0.25, -0.2) is 0 Å². The lowest BCUT2D eigenvalue weighted by atomic mass is 9.80. The van der Waals surface area contributed by atoms with Crippen molar-refractivity contribution >= 4 is 0 Å². The van der Waals surface area contributed by atoms with E-state index in [9.17, 15) is 0 Å². The SMILES string of the molecule is [CH2]c1cccc(C2CCC2)c1. The van der Waals surface area contributed by atoms with Crippen molar-refractivity contribution < 1.29 is 0 Å². The molecule has 57 valence electrons. The molecule has 0 aromatic heterocycles. The first-order valence-electron chi connectivity index (χ1n) is 4.28. The predicted molar refractivity (Wildman–Crippen MR) is 47.5 cm³/mol. The predicted octanol–water partition coefficient (Wildman–Crippen LogP) is 3.14. The molecule has 1 aromatic rings. The van der Waals surface area contributed by atoms with Gasteiger partial charge in [-0.15, -0.1) is 0 Å². The van der Waals surface area contributed by atoms with Crippen LogP contribution in [0.15, 0.2) is 24.3 Å². The third-order valence-electron chi connectivity index (χ3n) is 2.53. The van der Waals surface area contributed by atoms with E-state index < -0.39 is 0 Å². The van der Waals surface area contributed by atoms with E-state index in [0.717, 1.165) is 11.5 Å². The normalized spacial score (nSPS) is 17.9. The Bertz CT molecular complexity index is 246. The highest BCUT2D eigenvalue weighted by Gasteiger charge is 2.18. The summed E-state index contributed by atoms with van der Waals surface area (Å²) in [6.45, 7) is 3.92. The van der Waals surface area contributed by atoms with Crippen LogP contribution < -0.4 is 0 Å². The van der Waals surface area contributed by atoms with Crippen molar-refractivity contribution in [1.82, 2.24) is 0 Å². The minimum atomic E-state index is 0.844. The van der Waals surface area contributed by atoms with Crippen molar-refractivity contribution in [3.05, 3.63) is 42.3 Å². The third-order valence-corrected chi connectivity index (χ3v) is 2.53. The molecule has 0 bridgehead atoms. The van der Waals surface area contributed by atoms with Crippen LogP contribution in [0, 0.1) is 6.92 Å². The minimum Gasteiger partial charge on any atom is -0.0617 e. The Morgan fingerprint density at radius 3 is 2.64 bits per heavy atom. The van der Waals surface area contributed by atoms with Crippen molar-refractivity contribution in [3.63, 3.8) is 0 Å². The van der Waals surface area contributed by atoms with Crippen LogP contribution in [0.1, 0.15) is 36.3 Å². The van der Waals surface area contributed by atoms with E-state index >= 15 is 0 Å². The molecule has 11 heavy (non-hydrogen) atoms. The second-order valence-corrected chi connectivity index (χ2v) is 3.37. The summed E-state index contributed by atoms with van der Waals surface area (Å²) in [5, 5.41) is 0. The maximum Gasteiger partial charge on any atom is -0.0162 e. The molecule has 0 aliphatic heterocycles. The van der Waals surface area contributed by atoms with Crippen LogP contribution in [0.25, 0.3) is 0 Å². The molecule has 0 unspecified atom stereocenters. The highest BCUT2D eigenvalue weighted by Crippen LogP contribution is 2.36. The van der Waals surface area contributed by atoms with Crippen LogP contribution in [-0.4, -0.2) is 0 Å². The van der Waals surface area contributed by atoms with Gasteiger partial charge in [0.2, 0.25) is 0 Å². The zero-order valence-corrected chi connectivity index (χ0v) is 6.72. The van der Waals surface area contributed by atoms with E-state index in [2.05, 4.69) is 31.2 Å². The zero-order valence-electron chi connectivity index (χ0n) is 6.72. The molecule has 0 N–H and O–H groups in total. The average molecular weight is 145 g/mol. The number of benzene rings is 1. The molecule has 0 heterocycles. The Morgan fingerprint density at radius 1 is 1.27 bits per heavy atom. The second-order valence-electron chi connectivity index (χ2n) is 3.37. The monoisotopic (exact) mass is 145 g/mol. The molecule has 0 amide bonds. The van der Waals surface area contributed by atoms with E-state index in [4.69, 9.17) is 0 Å². The summed E-state index contributed by atoms with van der Waals surface area (Å²) in [4.78, 5) is 0. The lowest BCUT2D eigenvalue weighted by Gasteiger charge is -2.25. The summed E-state index contributed by atoms with van der Waals surface area (Å²) in [5.74, 6) is 0.844. The van der Waals surface area contributed by atoms with Crippen LogP contribution in [0.5, 0.6) is 0 Å². The van der Waals surface area contributed by atoms with Crippen molar-refractivity contribution in [1.29, 1.82) is 0 Å². The Kier molecular flexibility index (Phi) is 1.69. The van der Waals surface area contributed by atoms with Crippen molar-refractivity contribution in [2.24, 2.45) is 0 Å². The number of hydrogen-bond acceptors (Lipinski definition) is 0. The molecule has 0 heteroatoms. The quantitative estimate of drug-likeness (QED) is 0.569. The minimum absolute atomic E-state index is 0.844. The molecule has 0 saturated heterocycles. The van der Waals surface area contributed by atoms with Gasteiger partial charge in [0, 0.05) is 0 Å². The molecule has 1 saturated carbocycles. The van der Waals surface area contributed by atoms with Crippen molar-refractivity contribution in [3.8, 4) is 0 Å². The summed E-state index contributed by atoms with van der Waals surface area (Å²) in [7, 11) is 0. The van der Waals surface area contributed by atoms with Gasteiger partial charge in [0.25, 0.3) is 0 Å². The Morgan fingerprint density at radius 2 is 2.09 bits per heavy atom. The van der Waals surface area contributed by atoms with E-state index in [0.29, 0.717) is 0 Å². The molecule has 1 radical (unpaired) electrons. The molecule has 0 spiro atoms. The topological polar surface area (TPSA) is 0 Å². The van der Waals surface area contributed by atoms with Gasteiger partial charge in [-0.3, -0.25) is 0 Å². The first-order chi connectivity index (χ1) is 5.36. The molecular formula is C11H13. The standard InChI is InChI=1S/C11H13/c1-9-4-2-7-11(8-9)10-5-3-6-10/h2,4,7-8,10H,1,3,5-6H2. The van der Waals surface area contributed by atoms with E-state index in [1.807, 2.05) is 0 Å². The highest BCUT2D eigenvalue weighted by atomic mass is 14.2. The van der Waals surface area contributed by atoms with Crippen LogP contribution in [-0.2, 0) is 0 Å². The molecule has 2 rings (SSSR count). The molecule has 0 atom stereocenters. The van der Waals surface area contributed by atoms with Gasteiger partial charge in [-0.2, -0.15) is 0 Å². The second kappa shape index (κ2) is 2.69. The van der Waals surface area contributed by atoms with Crippen LogP contribution in [0.2, 0.25) is 0 Å². The number of rotatable bonds is 1. The maximum absolute atomic E-state index is 3.92. The molecule has 0 nitrogen and oxygen atoms in total. The summed E-state index contributed by atoms with van der Waals surface area (Å²) in [6, 6.07) is 8.60. The van der Waals surface area contributed by atoms with E-state index in [-0.39, 0.29) is 0 Å². The summed E-state index contributed by atoms with van der Waals surface area (Å²) in [5.41, 5.74) is 2.64. The molecule has 1 aliphatic rings. The van der Waals surface area contributed by atoms with Crippen molar-refractivity contribution in [2.75, 3.05) is 0 Å². The summed E-state index contributed by atoms with van der Waals surface area (Å²) < 4.78 is 0. The summed E-state index contributed by atoms with van der Waals surface area (Å²) in [6.07, 6.45) is 4.17. The first kappa shape index (κ1) is 6.90. The fourth-order valence-corrected chi connectivity index (χ4v) is 1.59. The molecule has 1 fully saturated rings. The Labute approximate surface area is 68.3 Å². The fourth-order valence-electron chi connectivity index (χ4n) is 1.59. The van der Waals surface area contributed by atoms with Gasteiger partial charge in [-0.1, -0.05) is 30.7 Å².